The van der Waals surface area contributed by atoms with Gasteiger partial charge in [-0.15, -0.1) is 0 Å². The van der Waals surface area contributed by atoms with Crippen molar-refractivity contribution in [3.8, 4) is 5.75 Å². The Morgan fingerprint density at radius 1 is 0.889 bits per heavy atom. The molecule has 132 valence electrons. The fraction of sp³-hybridized carbons (Fsp3) is 0.0455. The van der Waals surface area contributed by atoms with E-state index in [9.17, 15) is 14.7 Å². The molecule has 0 atom stereocenters. The standard InChI is InChI=1S/C22H16N2O3/c1-13(25)23-21-15-9-5-6-10-16(15)22(27)19-17(11-12-18(26)20(19)21)24-14-7-3-2-4-8-14/h2-12,24,26H,1H3. The molecule has 27 heavy (non-hydrogen) atoms. The number of anilines is 2. The lowest BCUT2D eigenvalue weighted by atomic mass is 9.82. The van der Waals surface area contributed by atoms with Crippen LogP contribution in [-0.4, -0.2) is 22.5 Å². The van der Waals surface area contributed by atoms with Crippen molar-refractivity contribution in [2.45, 2.75) is 6.92 Å². The summed E-state index contributed by atoms with van der Waals surface area (Å²) in [6.45, 7) is 1.34. The van der Waals surface area contributed by atoms with Gasteiger partial charge in [-0.2, -0.15) is 0 Å². The maximum absolute atomic E-state index is 13.2. The quantitative estimate of drug-likeness (QED) is 0.531. The van der Waals surface area contributed by atoms with E-state index in [0.717, 1.165) is 5.69 Å². The molecular formula is C22H16N2O3. The molecule has 0 radical (unpaired) electrons. The van der Waals surface area contributed by atoms with Gasteiger partial charge in [-0.25, -0.2) is 4.99 Å². The van der Waals surface area contributed by atoms with E-state index in [0.29, 0.717) is 28.1 Å². The average molecular weight is 356 g/mol. The van der Waals surface area contributed by atoms with Crippen LogP contribution in [0.4, 0.5) is 11.4 Å². The van der Waals surface area contributed by atoms with Gasteiger partial charge in [0.05, 0.1) is 22.5 Å². The van der Waals surface area contributed by atoms with Crippen molar-refractivity contribution >= 4 is 28.8 Å². The highest BCUT2D eigenvalue weighted by Crippen LogP contribution is 2.38. The Hall–Kier alpha value is -3.73. The number of para-hydroxylation sites is 1. The van der Waals surface area contributed by atoms with Crippen LogP contribution in [0.3, 0.4) is 0 Å². The first-order valence-electron chi connectivity index (χ1n) is 8.48. The van der Waals surface area contributed by atoms with E-state index < -0.39 is 5.91 Å². The zero-order valence-electron chi connectivity index (χ0n) is 14.6. The van der Waals surface area contributed by atoms with Crippen molar-refractivity contribution in [2.75, 3.05) is 5.32 Å². The summed E-state index contributed by atoms with van der Waals surface area (Å²) in [5.74, 6) is -0.718. The molecule has 0 spiro atoms. The van der Waals surface area contributed by atoms with Crippen LogP contribution >= 0.6 is 0 Å². The molecule has 0 aliphatic heterocycles. The largest absolute Gasteiger partial charge is 0.507 e. The third-order valence-electron chi connectivity index (χ3n) is 4.40. The number of phenols is 1. The zero-order chi connectivity index (χ0) is 19.0. The van der Waals surface area contributed by atoms with Crippen LogP contribution in [0.5, 0.6) is 5.75 Å². The Morgan fingerprint density at radius 3 is 2.26 bits per heavy atom. The lowest BCUT2D eigenvalue weighted by Gasteiger charge is -2.24. The highest BCUT2D eigenvalue weighted by Gasteiger charge is 2.33. The molecule has 0 fully saturated rings. The summed E-state index contributed by atoms with van der Waals surface area (Å²) in [6.07, 6.45) is 0. The number of nitrogens with one attached hydrogen (secondary N) is 1. The first kappa shape index (κ1) is 16.7. The third-order valence-corrected chi connectivity index (χ3v) is 4.40. The van der Waals surface area contributed by atoms with E-state index in [-0.39, 0.29) is 17.1 Å². The van der Waals surface area contributed by atoms with E-state index in [4.69, 9.17) is 0 Å². The molecule has 0 saturated heterocycles. The van der Waals surface area contributed by atoms with E-state index in [1.807, 2.05) is 30.3 Å². The minimum atomic E-state index is -0.402. The van der Waals surface area contributed by atoms with Crippen LogP contribution in [0.15, 0.2) is 71.7 Å². The van der Waals surface area contributed by atoms with Crippen LogP contribution in [0.1, 0.15) is 34.0 Å². The predicted octanol–water partition coefficient (Wildman–Crippen LogP) is 4.06. The van der Waals surface area contributed by atoms with Crippen molar-refractivity contribution in [2.24, 2.45) is 4.99 Å². The zero-order valence-corrected chi connectivity index (χ0v) is 14.6. The number of aromatic hydroxyl groups is 1. The Bertz CT molecular complexity index is 1100. The second kappa shape index (κ2) is 6.53. The summed E-state index contributed by atoms with van der Waals surface area (Å²) < 4.78 is 0. The Balaban J connectivity index is 1.98. The van der Waals surface area contributed by atoms with Crippen LogP contribution < -0.4 is 5.32 Å². The molecule has 0 saturated carbocycles. The average Bonchev–Trinajstić information content (AvgIpc) is 2.67. The van der Waals surface area contributed by atoms with Gasteiger partial charge >= 0.3 is 0 Å². The number of hydrogen-bond acceptors (Lipinski definition) is 4. The van der Waals surface area contributed by atoms with Crippen LogP contribution in [0.2, 0.25) is 0 Å². The fourth-order valence-corrected chi connectivity index (χ4v) is 3.28. The van der Waals surface area contributed by atoms with Gasteiger partial charge in [-0.1, -0.05) is 42.5 Å². The predicted molar refractivity (Wildman–Crippen MR) is 104 cm³/mol. The van der Waals surface area contributed by atoms with Gasteiger partial charge in [-0.3, -0.25) is 9.59 Å². The highest BCUT2D eigenvalue weighted by molar-refractivity contribution is 6.33. The molecule has 1 amide bonds. The van der Waals surface area contributed by atoms with Crippen LogP contribution in [0, 0.1) is 0 Å². The molecule has 0 aromatic heterocycles. The molecule has 3 aromatic rings. The van der Waals surface area contributed by atoms with Gasteiger partial charge in [0.25, 0.3) is 0 Å². The minimum absolute atomic E-state index is 0.0912. The molecule has 2 N–H and O–H groups in total. The van der Waals surface area contributed by atoms with E-state index in [1.165, 1.54) is 13.0 Å². The Labute approximate surface area is 156 Å². The van der Waals surface area contributed by atoms with Gasteiger partial charge in [0, 0.05) is 23.7 Å². The number of carbonyl (C=O) groups is 2. The number of aliphatic imine (C=N–C) groups is 1. The maximum atomic E-state index is 13.2. The minimum Gasteiger partial charge on any atom is -0.507 e. The van der Waals surface area contributed by atoms with Crippen molar-refractivity contribution < 1.29 is 14.7 Å². The van der Waals surface area contributed by atoms with Gasteiger partial charge < -0.3 is 10.4 Å². The fourth-order valence-electron chi connectivity index (χ4n) is 3.28. The number of carbonyl (C=O) groups excluding carboxylic acids is 2. The Morgan fingerprint density at radius 2 is 1.56 bits per heavy atom. The van der Waals surface area contributed by atoms with E-state index in [1.54, 1.807) is 30.3 Å². The number of benzene rings is 3. The van der Waals surface area contributed by atoms with Crippen LogP contribution in [-0.2, 0) is 4.79 Å². The lowest BCUT2D eigenvalue weighted by Crippen LogP contribution is -2.23. The van der Waals surface area contributed by atoms with Gasteiger partial charge in [-0.05, 0) is 24.3 Å². The molecular weight excluding hydrogens is 340 g/mol. The SMILES string of the molecule is CC(=O)N=C1c2ccccc2C(=O)c2c(Nc3ccccc3)ccc(O)c21. The molecule has 3 aromatic carbocycles. The topological polar surface area (TPSA) is 78.8 Å². The summed E-state index contributed by atoms with van der Waals surface area (Å²) in [5.41, 5.74) is 3.23. The van der Waals surface area contributed by atoms with Gasteiger partial charge in [0.1, 0.15) is 5.75 Å². The molecule has 5 heteroatoms. The number of hydrogen-bond donors (Lipinski definition) is 2. The van der Waals surface area contributed by atoms with Crippen molar-refractivity contribution in [3.63, 3.8) is 0 Å². The second-order valence-corrected chi connectivity index (χ2v) is 6.23. The van der Waals surface area contributed by atoms with Gasteiger partial charge in [0.15, 0.2) is 5.78 Å². The normalized spacial score (nSPS) is 13.8. The van der Waals surface area contributed by atoms with Gasteiger partial charge in [0.2, 0.25) is 5.91 Å². The molecule has 0 bridgehead atoms. The Kier molecular flexibility index (Phi) is 4.05. The monoisotopic (exact) mass is 356 g/mol. The van der Waals surface area contributed by atoms with Crippen LogP contribution in [0.25, 0.3) is 0 Å². The number of phenolic OH excluding ortho intramolecular Hbond substituents is 1. The summed E-state index contributed by atoms with van der Waals surface area (Å²) in [5, 5.41) is 13.7. The molecule has 1 aliphatic rings. The summed E-state index contributed by atoms with van der Waals surface area (Å²) in [7, 11) is 0. The molecule has 4 rings (SSSR count). The summed E-state index contributed by atoms with van der Waals surface area (Å²) in [6, 6.07) is 19.5. The number of rotatable bonds is 2. The lowest BCUT2D eigenvalue weighted by molar-refractivity contribution is -0.115. The molecule has 0 heterocycles. The maximum Gasteiger partial charge on any atom is 0.243 e. The number of ketones is 1. The molecule has 5 nitrogen and oxygen atoms in total. The van der Waals surface area contributed by atoms with E-state index >= 15 is 0 Å². The summed E-state index contributed by atoms with van der Waals surface area (Å²) >= 11 is 0. The first-order valence-corrected chi connectivity index (χ1v) is 8.48. The van der Waals surface area contributed by atoms with Crippen molar-refractivity contribution in [3.05, 3.63) is 89.0 Å². The molecule has 0 unspecified atom stereocenters. The first-order chi connectivity index (χ1) is 13.1. The number of amides is 1. The smallest absolute Gasteiger partial charge is 0.243 e. The highest BCUT2D eigenvalue weighted by atomic mass is 16.3. The number of fused-ring (bicyclic) bond motifs is 2. The van der Waals surface area contributed by atoms with Crippen molar-refractivity contribution in [1.29, 1.82) is 0 Å². The number of nitrogens with zero attached hydrogens (tertiary/aromatic N) is 1. The second-order valence-electron chi connectivity index (χ2n) is 6.23. The summed E-state index contributed by atoms with van der Waals surface area (Å²) in [4.78, 5) is 29.0. The van der Waals surface area contributed by atoms with E-state index in [2.05, 4.69) is 10.3 Å². The van der Waals surface area contributed by atoms with Crippen molar-refractivity contribution in [1.82, 2.24) is 0 Å². The molecule has 1 aliphatic carbocycles. The third kappa shape index (κ3) is 2.89.